The van der Waals surface area contributed by atoms with Gasteiger partial charge in [0.15, 0.2) is 0 Å². The number of carbonyl (C=O) groups excluding carboxylic acids is 1. The molecular formula is C16H25N3O3S. The molecule has 7 heteroatoms. The molecule has 1 heterocycles. The lowest BCUT2D eigenvalue weighted by molar-refractivity contribution is 0.0914. The molecule has 1 aliphatic heterocycles. The second-order valence-electron chi connectivity index (χ2n) is 5.97. The van der Waals surface area contributed by atoms with E-state index in [2.05, 4.69) is 22.3 Å². The third-order valence-electron chi connectivity index (χ3n) is 4.19. The van der Waals surface area contributed by atoms with E-state index in [0.29, 0.717) is 11.5 Å². The number of rotatable bonds is 6. The number of amides is 1. The number of nitrogens with one attached hydrogen (secondary N) is 3. The number of hydrogen-bond acceptors (Lipinski definition) is 4. The Morgan fingerprint density at radius 3 is 2.61 bits per heavy atom. The molecule has 0 aromatic heterocycles. The Balaban J connectivity index is 1.92. The lowest BCUT2D eigenvalue weighted by atomic mass is 9.95. The van der Waals surface area contributed by atoms with Gasteiger partial charge in [-0.25, -0.2) is 13.1 Å². The minimum atomic E-state index is -3.20. The first kappa shape index (κ1) is 17.9. The summed E-state index contributed by atoms with van der Waals surface area (Å²) < 4.78 is 25.3. The molecule has 0 radical (unpaired) electrons. The van der Waals surface area contributed by atoms with Crippen molar-refractivity contribution in [3.8, 4) is 0 Å². The normalized spacial score (nSPS) is 21.8. The summed E-state index contributed by atoms with van der Waals surface area (Å²) in [6.07, 6.45) is 0.934. The standard InChI is InChI=1S/C16H25N3O3S/c1-3-23(21,22)18-11-13-4-6-14(7-5-13)16(20)19-15-8-9-17-10-12(15)2/h4-7,12,15,17-18H,3,8-11H2,1-2H3,(H,19,20). The number of carbonyl (C=O) groups is 1. The Bertz CT molecular complexity index is 628. The summed E-state index contributed by atoms with van der Waals surface area (Å²) in [6.45, 7) is 5.80. The maximum Gasteiger partial charge on any atom is 0.251 e. The second-order valence-corrected chi connectivity index (χ2v) is 8.07. The van der Waals surface area contributed by atoms with Crippen LogP contribution in [0.25, 0.3) is 0 Å². The average Bonchev–Trinajstić information content (AvgIpc) is 2.55. The average molecular weight is 339 g/mol. The van der Waals surface area contributed by atoms with Crippen LogP contribution < -0.4 is 15.4 Å². The van der Waals surface area contributed by atoms with Crippen molar-refractivity contribution in [3.05, 3.63) is 35.4 Å². The van der Waals surface area contributed by atoms with E-state index in [9.17, 15) is 13.2 Å². The first-order valence-corrected chi connectivity index (χ1v) is 9.64. The highest BCUT2D eigenvalue weighted by atomic mass is 32.2. The molecule has 23 heavy (non-hydrogen) atoms. The van der Waals surface area contributed by atoms with E-state index >= 15 is 0 Å². The molecular weight excluding hydrogens is 314 g/mol. The van der Waals surface area contributed by atoms with Crippen LogP contribution in [0.3, 0.4) is 0 Å². The van der Waals surface area contributed by atoms with E-state index < -0.39 is 10.0 Å². The van der Waals surface area contributed by atoms with Crippen LogP contribution in [-0.4, -0.2) is 39.2 Å². The van der Waals surface area contributed by atoms with Gasteiger partial charge in [0.1, 0.15) is 0 Å². The number of sulfonamides is 1. The smallest absolute Gasteiger partial charge is 0.251 e. The van der Waals surface area contributed by atoms with Gasteiger partial charge in [-0.2, -0.15) is 0 Å². The minimum absolute atomic E-state index is 0.0575. The topological polar surface area (TPSA) is 87.3 Å². The first-order chi connectivity index (χ1) is 10.9. The van der Waals surface area contributed by atoms with Crippen molar-refractivity contribution >= 4 is 15.9 Å². The van der Waals surface area contributed by atoms with Gasteiger partial charge in [0.2, 0.25) is 10.0 Å². The number of benzene rings is 1. The third kappa shape index (κ3) is 5.30. The van der Waals surface area contributed by atoms with Crippen LogP contribution in [0.5, 0.6) is 0 Å². The van der Waals surface area contributed by atoms with Gasteiger partial charge in [0.05, 0.1) is 5.75 Å². The molecule has 1 amide bonds. The Labute approximate surface area is 138 Å². The van der Waals surface area contributed by atoms with Gasteiger partial charge in [-0.05, 0) is 50.0 Å². The van der Waals surface area contributed by atoms with Gasteiger partial charge < -0.3 is 10.6 Å². The van der Waals surface area contributed by atoms with Crippen molar-refractivity contribution in [2.75, 3.05) is 18.8 Å². The third-order valence-corrected chi connectivity index (χ3v) is 5.54. The highest BCUT2D eigenvalue weighted by molar-refractivity contribution is 7.89. The van der Waals surface area contributed by atoms with E-state index in [0.717, 1.165) is 25.1 Å². The molecule has 2 rings (SSSR count). The van der Waals surface area contributed by atoms with E-state index in [1.807, 2.05) is 0 Å². The highest BCUT2D eigenvalue weighted by Gasteiger charge is 2.22. The highest BCUT2D eigenvalue weighted by Crippen LogP contribution is 2.12. The Morgan fingerprint density at radius 2 is 2.00 bits per heavy atom. The molecule has 128 valence electrons. The predicted octanol–water partition coefficient (Wildman–Crippen LogP) is 0.854. The van der Waals surface area contributed by atoms with Crippen LogP contribution in [0.1, 0.15) is 36.2 Å². The fourth-order valence-corrected chi connectivity index (χ4v) is 3.14. The summed E-state index contributed by atoms with van der Waals surface area (Å²) in [5, 5.41) is 6.39. The molecule has 2 unspecified atom stereocenters. The molecule has 6 nitrogen and oxygen atoms in total. The van der Waals surface area contributed by atoms with Crippen LogP contribution >= 0.6 is 0 Å². The van der Waals surface area contributed by atoms with E-state index in [-0.39, 0.29) is 24.2 Å². The van der Waals surface area contributed by atoms with Crippen LogP contribution in [0.4, 0.5) is 0 Å². The van der Waals surface area contributed by atoms with Crippen molar-refractivity contribution in [3.63, 3.8) is 0 Å². The molecule has 1 saturated heterocycles. The summed E-state index contributed by atoms with van der Waals surface area (Å²) in [5.74, 6) is 0.391. The van der Waals surface area contributed by atoms with Gasteiger partial charge in [0.25, 0.3) is 5.91 Å². The van der Waals surface area contributed by atoms with Crippen molar-refractivity contribution in [2.24, 2.45) is 5.92 Å². The molecule has 1 fully saturated rings. The zero-order chi connectivity index (χ0) is 16.9. The molecule has 0 saturated carbocycles. The Kier molecular flexibility index (Phi) is 6.15. The van der Waals surface area contributed by atoms with Crippen molar-refractivity contribution in [1.82, 2.24) is 15.4 Å². The van der Waals surface area contributed by atoms with Crippen LogP contribution in [0.2, 0.25) is 0 Å². The Morgan fingerprint density at radius 1 is 1.30 bits per heavy atom. The van der Waals surface area contributed by atoms with Gasteiger partial charge in [0, 0.05) is 18.2 Å². The lowest BCUT2D eigenvalue weighted by Crippen LogP contribution is -2.48. The number of hydrogen-bond donors (Lipinski definition) is 3. The quantitative estimate of drug-likeness (QED) is 0.717. The van der Waals surface area contributed by atoms with Gasteiger partial charge >= 0.3 is 0 Å². The summed E-state index contributed by atoms with van der Waals surface area (Å²) in [7, 11) is -3.20. The van der Waals surface area contributed by atoms with Crippen molar-refractivity contribution in [2.45, 2.75) is 32.9 Å². The van der Waals surface area contributed by atoms with E-state index in [1.54, 1.807) is 31.2 Å². The maximum atomic E-state index is 12.3. The molecule has 0 aliphatic carbocycles. The molecule has 0 bridgehead atoms. The number of piperidine rings is 1. The van der Waals surface area contributed by atoms with Gasteiger partial charge in [-0.1, -0.05) is 19.1 Å². The van der Waals surface area contributed by atoms with Crippen molar-refractivity contribution in [1.29, 1.82) is 0 Å². The predicted molar refractivity (Wildman–Crippen MR) is 90.6 cm³/mol. The summed E-state index contributed by atoms with van der Waals surface area (Å²) >= 11 is 0. The zero-order valence-corrected chi connectivity index (χ0v) is 14.4. The molecule has 1 aromatic carbocycles. The molecule has 2 atom stereocenters. The fourth-order valence-electron chi connectivity index (χ4n) is 2.55. The molecule has 1 aromatic rings. The van der Waals surface area contributed by atoms with Crippen LogP contribution in [0.15, 0.2) is 24.3 Å². The van der Waals surface area contributed by atoms with Gasteiger partial charge in [-0.15, -0.1) is 0 Å². The summed E-state index contributed by atoms with van der Waals surface area (Å²) in [5.41, 5.74) is 1.42. The molecule has 3 N–H and O–H groups in total. The largest absolute Gasteiger partial charge is 0.349 e. The van der Waals surface area contributed by atoms with E-state index in [1.165, 1.54) is 0 Å². The first-order valence-electron chi connectivity index (χ1n) is 7.99. The monoisotopic (exact) mass is 339 g/mol. The molecule has 1 aliphatic rings. The minimum Gasteiger partial charge on any atom is -0.349 e. The summed E-state index contributed by atoms with van der Waals surface area (Å²) in [4.78, 5) is 12.3. The maximum absolute atomic E-state index is 12.3. The SMILES string of the molecule is CCS(=O)(=O)NCc1ccc(C(=O)NC2CCNCC2C)cc1. The van der Waals surface area contributed by atoms with Crippen LogP contribution in [-0.2, 0) is 16.6 Å². The summed E-state index contributed by atoms with van der Waals surface area (Å²) in [6, 6.07) is 7.21. The fraction of sp³-hybridized carbons (Fsp3) is 0.562. The van der Waals surface area contributed by atoms with Crippen LogP contribution in [0, 0.1) is 5.92 Å². The van der Waals surface area contributed by atoms with E-state index in [4.69, 9.17) is 0 Å². The van der Waals surface area contributed by atoms with Gasteiger partial charge in [-0.3, -0.25) is 4.79 Å². The lowest BCUT2D eigenvalue weighted by Gasteiger charge is -2.30. The zero-order valence-electron chi connectivity index (χ0n) is 13.6. The molecule has 0 spiro atoms. The van der Waals surface area contributed by atoms with Crippen molar-refractivity contribution < 1.29 is 13.2 Å². The Hall–Kier alpha value is -1.44. The second kappa shape index (κ2) is 7.90.